The van der Waals surface area contributed by atoms with Crippen molar-refractivity contribution in [3.8, 4) is 0 Å². The van der Waals surface area contributed by atoms with E-state index >= 15 is 0 Å². The van der Waals surface area contributed by atoms with Crippen LogP contribution in [0.3, 0.4) is 0 Å². The van der Waals surface area contributed by atoms with Crippen LogP contribution < -0.4 is 0 Å². The maximum Gasteiger partial charge on any atom is 0.330 e. The zero-order valence-electron chi connectivity index (χ0n) is 16.5. The number of aliphatic hydroxyl groups is 2. The highest BCUT2D eigenvalue weighted by atomic mass is 16.5. The van der Waals surface area contributed by atoms with Crippen LogP contribution >= 0.6 is 0 Å². The van der Waals surface area contributed by atoms with E-state index in [9.17, 15) is 19.8 Å². The highest BCUT2D eigenvalue weighted by molar-refractivity contribution is 5.86. The smallest absolute Gasteiger partial charge is 0.330 e. The molecule has 152 valence electrons. The van der Waals surface area contributed by atoms with Crippen molar-refractivity contribution >= 4 is 11.8 Å². The molecule has 1 rings (SSSR count). The summed E-state index contributed by atoms with van der Waals surface area (Å²) in [5.41, 5.74) is 0. The van der Waals surface area contributed by atoms with Crippen LogP contribution in [-0.4, -0.2) is 40.8 Å². The molecule has 0 aromatic heterocycles. The number of ether oxygens (including phenoxy) is 1. The fourth-order valence-corrected chi connectivity index (χ4v) is 3.26. The Bertz CT molecular complexity index is 535. The zero-order chi connectivity index (χ0) is 20.1. The number of hydrogen-bond donors (Lipinski definition) is 2. The molecule has 0 unspecified atom stereocenters. The van der Waals surface area contributed by atoms with Crippen molar-refractivity contribution in [1.29, 1.82) is 0 Å². The zero-order valence-corrected chi connectivity index (χ0v) is 16.5. The van der Waals surface area contributed by atoms with E-state index < -0.39 is 12.2 Å². The summed E-state index contributed by atoms with van der Waals surface area (Å²) in [6.07, 6.45) is 14.4. The maximum atomic E-state index is 12.2. The summed E-state index contributed by atoms with van der Waals surface area (Å²) in [6, 6.07) is 0. The molecule has 1 fully saturated rings. The van der Waals surface area contributed by atoms with E-state index in [1.807, 2.05) is 12.2 Å². The highest BCUT2D eigenvalue weighted by Gasteiger charge is 2.39. The van der Waals surface area contributed by atoms with Crippen LogP contribution in [0.5, 0.6) is 0 Å². The fourth-order valence-electron chi connectivity index (χ4n) is 3.26. The fraction of sp³-hybridized carbons (Fsp3) is 0.636. The van der Waals surface area contributed by atoms with Gasteiger partial charge in [-0.3, -0.25) is 4.79 Å². The minimum absolute atomic E-state index is 0.0279. The molecule has 0 radical (unpaired) electrons. The van der Waals surface area contributed by atoms with Crippen molar-refractivity contribution < 1.29 is 24.5 Å². The van der Waals surface area contributed by atoms with E-state index in [1.165, 1.54) is 6.08 Å². The first-order valence-corrected chi connectivity index (χ1v) is 10.0. The molecule has 0 aromatic carbocycles. The first-order chi connectivity index (χ1) is 13.0. The topological polar surface area (TPSA) is 83.8 Å². The number of carbonyl (C=O) groups is 2. The van der Waals surface area contributed by atoms with Crippen LogP contribution in [-0.2, 0) is 14.3 Å². The summed E-state index contributed by atoms with van der Waals surface area (Å²) in [4.78, 5) is 23.3. The van der Waals surface area contributed by atoms with Gasteiger partial charge < -0.3 is 14.9 Å². The molecule has 0 aromatic rings. The van der Waals surface area contributed by atoms with Crippen LogP contribution in [0.2, 0.25) is 0 Å². The van der Waals surface area contributed by atoms with Gasteiger partial charge in [0.05, 0.1) is 18.8 Å². The molecule has 0 bridgehead atoms. The number of allylic oxidation sites excluding steroid dienone is 4. The lowest BCUT2D eigenvalue weighted by molar-refractivity contribution is -0.137. The van der Waals surface area contributed by atoms with Crippen LogP contribution in [0.1, 0.15) is 58.8 Å². The van der Waals surface area contributed by atoms with Gasteiger partial charge in [0.25, 0.3) is 0 Å². The lowest BCUT2D eigenvalue weighted by Crippen LogP contribution is -2.19. The summed E-state index contributed by atoms with van der Waals surface area (Å²) in [5.74, 6) is -0.840. The van der Waals surface area contributed by atoms with Crippen molar-refractivity contribution in [3.05, 3.63) is 36.5 Å². The number of Topliss-reactive ketones (excluding diaryl/α,β-unsaturated/α-hetero) is 1. The van der Waals surface area contributed by atoms with Gasteiger partial charge in [0.15, 0.2) is 0 Å². The van der Waals surface area contributed by atoms with E-state index in [1.54, 1.807) is 25.2 Å². The second kappa shape index (κ2) is 13.4. The van der Waals surface area contributed by atoms with Crippen LogP contribution in [0, 0.1) is 11.8 Å². The third-order valence-corrected chi connectivity index (χ3v) is 4.77. The number of unbranched alkanes of at least 4 members (excludes halogenated alkanes) is 2. The summed E-state index contributed by atoms with van der Waals surface area (Å²) in [6.45, 7) is 4.23. The number of ketones is 1. The molecule has 0 saturated heterocycles. The molecule has 5 heteroatoms. The Morgan fingerprint density at radius 2 is 2.04 bits per heavy atom. The molecule has 27 heavy (non-hydrogen) atoms. The molecular formula is C22H34O5. The number of aliphatic hydroxyl groups excluding tert-OH is 2. The molecular weight excluding hydrogens is 344 g/mol. The Morgan fingerprint density at radius 3 is 2.74 bits per heavy atom. The van der Waals surface area contributed by atoms with Gasteiger partial charge in [-0.1, -0.05) is 56.6 Å². The standard InChI is InChI=1S/C22H34O5/c1-3-5-8-11-17(23)14-15-19-18(20(24)16-21(19)25)12-9-6-7-10-13-22(26)27-4-2/h6,9-10,13-15,17-20,23-24H,3-5,7-8,11-12,16H2,1-2H3/b9-6-,13-10+,15-14+/t17-,18+,19+,20-/m0/s1. The average Bonchev–Trinajstić information content (AvgIpc) is 2.89. The van der Waals surface area contributed by atoms with Crippen molar-refractivity contribution in [1.82, 2.24) is 0 Å². The molecule has 0 heterocycles. The Balaban J connectivity index is 2.50. The Labute approximate surface area is 162 Å². The third kappa shape index (κ3) is 9.16. The minimum atomic E-state index is -0.649. The minimum Gasteiger partial charge on any atom is -0.463 e. The molecule has 0 amide bonds. The Morgan fingerprint density at radius 1 is 1.26 bits per heavy atom. The number of esters is 1. The van der Waals surface area contributed by atoms with E-state index in [0.29, 0.717) is 25.9 Å². The number of hydrogen-bond acceptors (Lipinski definition) is 5. The first kappa shape index (κ1) is 23.3. The van der Waals surface area contributed by atoms with Gasteiger partial charge in [0, 0.05) is 24.3 Å². The van der Waals surface area contributed by atoms with Crippen molar-refractivity contribution in [2.45, 2.75) is 71.0 Å². The van der Waals surface area contributed by atoms with E-state index in [2.05, 4.69) is 6.92 Å². The summed E-state index contributed by atoms with van der Waals surface area (Å²) in [7, 11) is 0. The molecule has 0 spiro atoms. The average molecular weight is 379 g/mol. The van der Waals surface area contributed by atoms with Crippen LogP contribution in [0.15, 0.2) is 36.5 Å². The molecule has 1 aliphatic rings. The molecule has 1 aliphatic carbocycles. The maximum absolute atomic E-state index is 12.2. The van der Waals surface area contributed by atoms with Gasteiger partial charge >= 0.3 is 5.97 Å². The number of carbonyl (C=O) groups excluding carboxylic acids is 2. The molecule has 1 saturated carbocycles. The molecule has 2 N–H and O–H groups in total. The van der Waals surface area contributed by atoms with Gasteiger partial charge in [-0.2, -0.15) is 0 Å². The van der Waals surface area contributed by atoms with Gasteiger partial charge in [-0.05, 0) is 26.2 Å². The second-order valence-electron chi connectivity index (χ2n) is 6.97. The Kier molecular flexibility index (Phi) is 11.6. The van der Waals surface area contributed by atoms with E-state index in [-0.39, 0.29) is 30.0 Å². The SMILES string of the molecule is CCCCC[C@H](O)/C=C/[C@H]1C(=O)C[C@H](O)[C@@H]1C/C=C\C/C=C/C(=O)OCC. The van der Waals surface area contributed by atoms with Crippen molar-refractivity contribution in [3.63, 3.8) is 0 Å². The van der Waals surface area contributed by atoms with E-state index in [0.717, 1.165) is 19.3 Å². The predicted molar refractivity (Wildman–Crippen MR) is 106 cm³/mol. The first-order valence-electron chi connectivity index (χ1n) is 10.0. The predicted octanol–water partition coefficient (Wildman–Crippen LogP) is 3.51. The summed E-state index contributed by atoms with van der Waals surface area (Å²) < 4.78 is 4.80. The van der Waals surface area contributed by atoms with Crippen molar-refractivity contribution in [2.75, 3.05) is 6.61 Å². The number of rotatable bonds is 12. The second-order valence-corrected chi connectivity index (χ2v) is 6.97. The summed E-state index contributed by atoms with van der Waals surface area (Å²) in [5, 5.41) is 20.2. The van der Waals surface area contributed by atoms with Gasteiger partial charge in [0.1, 0.15) is 5.78 Å². The van der Waals surface area contributed by atoms with Crippen LogP contribution in [0.4, 0.5) is 0 Å². The monoisotopic (exact) mass is 378 g/mol. The highest BCUT2D eigenvalue weighted by Crippen LogP contribution is 2.33. The molecule has 0 aliphatic heterocycles. The van der Waals surface area contributed by atoms with E-state index in [4.69, 9.17) is 4.74 Å². The molecule has 4 atom stereocenters. The normalized spacial score (nSPS) is 24.4. The quantitative estimate of drug-likeness (QED) is 0.235. The van der Waals surface area contributed by atoms with Gasteiger partial charge in [0.2, 0.25) is 0 Å². The van der Waals surface area contributed by atoms with Gasteiger partial charge in [-0.25, -0.2) is 4.79 Å². The third-order valence-electron chi connectivity index (χ3n) is 4.77. The van der Waals surface area contributed by atoms with Gasteiger partial charge in [-0.15, -0.1) is 0 Å². The molecule has 5 nitrogen and oxygen atoms in total. The van der Waals surface area contributed by atoms with Crippen molar-refractivity contribution in [2.24, 2.45) is 11.8 Å². The van der Waals surface area contributed by atoms with Crippen LogP contribution in [0.25, 0.3) is 0 Å². The Hall–Kier alpha value is -1.72. The lowest BCUT2D eigenvalue weighted by atomic mass is 9.90. The largest absolute Gasteiger partial charge is 0.463 e. The summed E-state index contributed by atoms with van der Waals surface area (Å²) >= 11 is 0. The lowest BCUT2D eigenvalue weighted by Gasteiger charge is -2.17.